The number of amides is 1. The maximum Gasteiger partial charge on any atom is 0.234 e. The monoisotopic (exact) mass is 384 g/mol. The van der Waals surface area contributed by atoms with E-state index in [2.05, 4.69) is 21.2 Å². The molecule has 2 aromatic rings. The number of carbonyl (C=O) groups excluding carboxylic acids is 1. The average Bonchev–Trinajstić information content (AvgIpc) is 2.41. The van der Waals surface area contributed by atoms with E-state index >= 15 is 0 Å². The van der Waals surface area contributed by atoms with Crippen LogP contribution in [0.2, 0.25) is 5.02 Å². The van der Waals surface area contributed by atoms with Crippen molar-refractivity contribution >= 4 is 56.6 Å². The van der Waals surface area contributed by atoms with Crippen LogP contribution < -0.4 is 11.1 Å². The van der Waals surface area contributed by atoms with Gasteiger partial charge in [-0.15, -0.1) is 11.8 Å². The summed E-state index contributed by atoms with van der Waals surface area (Å²) in [5, 5.41) is 3.42. The highest BCUT2D eigenvalue weighted by Gasteiger charge is 2.10. The number of nitrogens with two attached hydrogens (primary N) is 1. The van der Waals surface area contributed by atoms with E-state index in [0.717, 1.165) is 20.6 Å². The normalized spacial score (nSPS) is 10.4. The van der Waals surface area contributed by atoms with Gasteiger partial charge in [0.1, 0.15) is 0 Å². The van der Waals surface area contributed by atoms with Crippen molar-refractivity contribution in [2.75, 3.05) is 16.8 Å². The minimum atomic E-state index is -0.108. The van der Waals surface area contributed by atoms with E-state index in [4.69, 9.17) is 17.3 Å². The third-order valence-electron chi connectivity index (χ3n) is 2.74. The molecule has 0 saturated heterocycles. The first-order chi connectivity index (χ1) is 9.97. The van der Waals surface area contributed by atoms with E-state index in [1.165, 1.54) is 11.8 Å². The lowest BCUT2D eigenvalue weighted by Gasteiger charge is -2.09. The summed E-state index contributed by atoms with van der Waals surface area (Å²) >= 11 is 10.8. The van der Waals surface area contributed by atoms with Crippen molar-refractivity contribution in [2.24, 2.45) is 0 Å². The molecule has 2 rings (SSSR count). The van der Waals surface area contributed by atoms with Crippen molar-refractivity contribution in [3.05, 3.63) is 51.5 Å². The van der Waals surface area contributed by atoms with Crippen molar-refractivity contribution < 1.29 is 4.79 Å². The lowest BCUT2D eigenvalue weighted by molar-refractivity contribution is -0.113. The van der Waals surface area contributed by atoms with Crippen LogP contribution in [-0.4, -0.2) is 11.7 Å². The molecular formula is C15H14BrClN2OS. The van der Waals surface area contributed by atoms with Gasteiger partial charge in [-0.1, -0.05) is 23.7 Å². The molecule has 0 heterocycles. The van der Waals surface area contributed by atoms with Crippen LogP contribution in [0.5, 0.6) is 0 Å². The Labute approximate surface area is 141 Å². The molecule has 0 aliphatic rings. The van der Waals surface area contributed by atoms with Crippen LogP contribution in [0.1, 0.15) is 5.56 Å². The number of benzene rings is 2. The Kier molecular flexibility index (Phi) is 5.56. The number of hydrogen-bond donors (Lipinski definition) is 2. The fraction of sp³-hybridized carbons (Fsp3) is 0.133. The zero-order valence-electron chi connectivity index (χ0n) is 11.3. The van der Waals surface area contributed by atoms with Gasteiger partial charge in [-0.3, -0.25) is 4.79 Å². The average molecular weight is 386 g/mol. The van der Waals surface area contributed by atoms with Crippen LogP contribution in [0.15, 0.2) is 45.8 Å². The highest BCUT2D eigenvalue weighted by atomic mass is 79.9. The van der Waals surface area contributed by atoms with Crippen molar-refractivity contribution in [3.63, 3.8) is 0 Å². The number of anilines is 2. The van der Waals surface area contributed by atoms with Gasteiger partial charge in [0, 0.05) is 15.1 Å². The molecule has 0 radical (unpaired) electrons. The lowest BCUT2D eigenvalue weighted by atomic mass is 10.2. The van der Waals surface area contributed by atoms with Gasteiger partial charge in [-0.05, 0) is 52.7 Å². The second-order valence-electron chi connectivity index (χ2n) is 4.48. The molecule has 6 heteroatoms. The zero-order chi connectivity index (χ0) is 15.4. The molecular weight excluding hydrogens is 372 g/mol. The van der Waals surface area contributed by atoms with Gasteiger partial charge >= 0.3 is 0 Å². The van der Waals surface area contributed by atoms with Crippen LogP contribution in [0, 0.1) is 6.92 Å². The summed E-state index contributed by atoms with van der Waals surface area (Å²) in [6.07, 6.45) is 0. The molecule has 0 aromatic heterocycles. The molecule has 0 bridgehead atoms. The van der Waals surface area contributed by atoms with E-state index in [9.17, 15) is 4.79 Å². The van der Waals surface area contributed by atoms with Crippen molar-refractivity contribution in [3.8, 4) is 0 Å². The van der Waals surface area contributed by atoms with Gasteiger partial charge in [-0.25, -0.2) is 0 Å². The quantitative estimate of drug-likeness (QED) is 0.591. The number of carbonyl (C=O) groups is 1. The summed E-state index contributed by atoms with van der Waals surface area (Å²) in [5.74, 6) is 0.137. The number of rotatable bonds is 4. The van der Waals surface area contributed by atoms with Gasteiger partial charge < -0.3 is 11.1 Å². The van der Waals surface area contributed by atoms with Gasteiger partial charge in [0.15, 0.2) is 0 Å². The van der Waals surface area contributed by atoms with Gasteiger partial charge in [0.2, 0.25) is 5.91 Å². The molecule has 3 nitrogen and oxygen atoms in total. The molecule has 110 valence electrons. The number of thioether (sulfide) groups is 1. The third-order valence-corrected chi connectivity index (χ3v) is 4.98. The van der Waals surface area contributed by atoms with E-state index < -0.39 is 0 Å². The van der Waals surface area contributed by atoms with Crippen LogP contribution >= 0.6 is 39.3 Å². The number of halogens is 2. The van der Waals surface area contributed by atoms with Crippen LogP contribution in [0.4, 0.5) is 11.4 Å². The Bertz CT molecular complexity index is 658. The Balaban J connectivity index is 1.99. The van der Waals surface area contributed by atoms with Gasteiger partial charge in [-0.2, -0.15) is 0 Å². The maximum absolute atomic E-state index is 12.0. The smallest absolute Gasteiger partial charge is 0.234 e. The predicted octanol–water partition coefficient (Wildman–Crippen LogP) is 4.72. The number of hydrogen-bond acceptors (Lipinski definition) is 3. The lowest BCUT2D eigenvalue weighted by Crippen LogP contribution is -2.14. The molecule has 21 heavy (non-hydrogen) atoms. The second kappa shape index (κ2) is 7.20. The molecule has 3 N–H and O–H groups in total. The van der Waals surface area contributed by atoms with Crippen molar-refractivity contribution in [2.45, 2.75) is 11.8 Å². The Hall–Kier alpha value is -1.17. The van der Waals surface area contributed by atoms with E-state index in [1.807, 2.05) is 25.1 Å². The summed E-state index contributed by atoms with van der Waals surface area (Å²) < 4.78 is 0.859. The SMILES string of the molecule is Cc1ccc(NC(=O)CSc2c(N)cccc2Cl)c(Br)c1. The molecule has 0 atom stereocenters. The fourth-order valence-electron chi connectivity index (χ4n) is 1.72. The van der Waals surface area contributed by atoms with Crippen molar-refractivity contribution in [1.29, 1.82) is 0 Å². The molecule has 0 fully saturated rings. The minimum absolute atomic E-state index is 0.108. The van der Waals surface area contributed by atoms with E-state index in [1.54, 1.807) is 18.2 Å². The summed E-state index contributed by atoms with van der Waals surface area (Å²) in [6, 6.07) is 11.1. The highest BCUT2D eigenvalue weighted by Crippen LogP contribution is 2.32. The molecule has 1 amide bonds. The molecule has 0 unspecified atom stereocenters. The third kappa shape index (κ3) is 4.40. The largest absolute Gasteiger partial charge is 0.398 e. The fourth-order valence-corrected chi connectivity index (χ4v) is 3.45. The zero-order valence-corrected chi connectivity index (χ0v) is 14.5. The minimum Gasteiger partial charge on any atom is -0.398 e. The van der Waals surface area contributed by atoms with Gasteiger partial charge in [0.05, 0.1) is 16.5 Å². The number of aryl methyl sites for hydroxylation is 1. The summed E-state index contributed by atoms with van der Waals surface area (Å²) in [5.41, 5.74) is 8.31. The first kappa shape index (κ1) is 16.2. The van der Waals surface area contributed by atoms with Gasteiger partial charge in [0.25, 0.3) is 0 Å². The van der Waals surface area contributed by atoms with Crippen LogP contribution in [-0.2, 0) is 4.79 Å². The van der Waals surface area contributed by atoms with E-state index in [-0.39, 0.29) is 11.7 Å². The van der Waals surface area contributed by atoms with E-state index in [0.29, 0.717) is 10.7 Å². The number of nitrogens with one attached hydrogen (secondary N) is 1. The Morgan fingerprint density at radius 3 is 2.81 bits per heavy atom. The summed E-state index contributed by atoms with van der Waals surface area (Å²) in [7, 11) is 0. The summed E-state index contributed by atoms with van der Waals surface area (Å²) in [4.78, 5) is 12.7. The molecule has 0 saturated carbocycles. The predicted molar refractivity (Wildman–Crippen MR) is 94.1 cm³/mol. The molecule has 0 aliphatic heterocycles. The topological polar surface area (TPSA) is 55.1 Å². The Morgan fingerprint density at radius 2 is 2.14 bits per heavy atom. The van der Waals surface area contributed by atoms with Crippen LogP contribution in [0.3, 0.4) is 0 Å². The molecule has 0 spiro atoms. The highest BCUT2D eigenvalue weighted by molar-refractivity contribution is 9.10. The second-order valence-corrected chi connectivity index (χ2v) is 6.73. The molecule has 0 aliphatic carbocycles. The first-order valence-electron chi connectivity index (χ1n) is 6.20. The summed E-state index contributed by atoms with van der Waals surface area (Å²) in [6.45, 7) is 1.99. The molecule has 2 aromatic carbocycles. The van der Waals surface area contributed by atoms with Crippen molar-refractivity contribution in [1.82, 2.24) is 0 Å². The first-order valence-corrected chi connectivity index (χ1v) is 8.36. The maximum atomic E-state index is 12.0. The Morgan fingerprint density at radius 1 is 1.38 bits per heavy atom. The number of nitrogen functional groups attached to an aromatic ring is 1. The standard InChI is InChI=1S/C15H14BrClN2OS/c1-9-5-6-13(10(16)7-9)19-14(20)8-21-15-11(17)3-2-4-12(15)18/h2-7H,8,18H2,1H3,(H,19,20). The van der Waals surface area contributed by atoms with Crippen LogP contribution in [0.25, 0.3) is 0 Å².